The first kappa shape index (κ1) is 22.0. The fourth-order valence-corrected chi connectivity index (χ4v) is 4.28. The molecule has 1 radical (unpaired) electrons. The molecular weight excluding hydrogens is 431 g/mol. The number of aromatic nitrogens is 1. The second-order valence-corrected chi connectivity index (χ2v) is 10.0. The number of nitrogens with zero attached hydrogens (tertiary/aromatic N) is 2. The maximum atomic E-state index is 15.1. The smallest absolute Gasteiger partial charge is 0.276 e. The van der Waals surface area contributed by atoms with E-state index in [2.05, 4.69) is 4.99 Å². The third-order valence-corrected chi connectivity index (χ3v) is 6.45. The van der Waals surface area contributed by atoms with Crippen LogP contribution in [0.2, 0.25) is 0 Å². The Labute approximate surface area is 185 Å². The van der Waals surface area contributed by atoms with Crippen molar-refractivity contribution in [3.05, 3.63) is 81.5 Å². The van der Waals surface area contributed by atoms with Crippen molar-refractivity contribution >= 4 is 15.9 Å². The summed E-state index contributed by atoms with van der Waals surface area (Å²) < 4.78 is 46.9. The highest BCUT2D eigenvalue weighted by atomic mass is 32.2. The Balaban J connectivity index is 1.98. The van der Waals surface area contributed by atoms with Crippen LogP contribution in [0.4, 0.5) is 4.39 Å². The third kappa shape index (κ3) is 3.86. The van der Waals surface area contributed by atoms with Crippen LogP contribution >= 0.6 is 0 Å². The number of aryl methyl sites for hydroxylation is 1. The molecule has 0 N–H and O–H groups in total. The number of ether oxygens (including phenoxy) is 1. The van der Waals surface area contributed by atoms with Crippen molar-refractivity contribution in [2.75, 3.05) is 6.26 Å². The lowest BCUT2D eigenvalue weighted by molar-refractivity contribution is 0.437. The fraction of sp³-hybridized carbons (Fsp3) is 0.208. The van der Waals surface area contributed by atoms with Crippen LogP contribution in [-0.2, 0) is 16.9 Å². The van der Waals surface area contributed by atoms with Crippen molar-refractivity contribution in [2.24, 2.45) is 12.0 Å². The first-order chi connectivity index (χ1) is 15.1. The molecule has 165 valence electrons. The van der Waals surface area contributed by atoms with Gasteiger partial charge in [-0.2, -0.15) is 0 Å². The van der Waals surface area contributed by atoms with Crippen LogP contribution < -0.4 is 20.9 Å². The standard InChI is InChI=1S/C24H22FN2O4S/c1-14(2)16-6-5-7-21(22(16)25)31-20-9-8-15(32(4,29)30)12-18(20)19-13-27(3)24(28)23-17(19)10-11-26-23/h5-14H,1-4H3. The van der Waals surface area contributed by atoms with Gasteiger partial charge in [0.1, 0.15) is 11.1 Å². The van der Waals surface area contributed by atoms with Gasteiger partial charge in [0.2, 0.25) is 0 Å². The number of halogens is 1. The molecule has 0 unspecified atom stereocenters. The molecule has 0 saturated heterocycles. The van der Waals surface area contributed by atoms with Crippen LogP contribution in [0.3, 0.4) is 0 Å². The van der Waals surface area contributed by atoms with Gasteiger partial charge in [-0.1, -0.05) is 26.0 Å². The van der Waals surface area contributed by atoms with Crippen molar-refractivity contribution < 1.29 is 17.5 Å². The molecule has 1 aliphatic rings. The number of pyridine rings is 1. The Bertz CT molecular complexity index is 1520. The molecule has 0 bridgehead atoms. The van der Waals surface area contributed by atoms with Crippen LogP contribution in [0.5, 0.6) is 11.5 Å². The summed E-state index contributed by atoms with van der Waals surface area (Å²) in [5, 5.41) is 0.814. The summed E-state index contributed by atoms with van der Waals surface area (Å²) in [6.45, 7) is 5.29. The highest BCUT2D eigenvalue weighted by Crippen LogP contribution is 2.36. The highest BCUT2D eigenvalue weighted by Gasteiger charge is 2.20. The van der Waals surface area contributed by atoms with Crippen molar-refractivity contribution in [3.63, 3.8) is 0 Å². The van der Waals surface area contributed by atoms with Gasteiger partial charge in [0.25, 0.3) is 5.56 Å². The average molecular weight is 454 g/mol. The van der Waals surface area contributed by atoms with Crippen molar-refractivity contribution in [1.29, 1.82) is 0 Å². The second-order valence-electron chi connectivity index (χ2n) is 8.01. The SMILES string of the molecule is CC(C)c1cccc(Oc2ccc(S(C)(=O)=O)cc2-c2cn(C)c(=O)c3c2=C[CH]N=3)c1F. The Morgan fingerprint density at radius 2 is 1.84 bits per heavy atom. The van der Waals surface area contributed by atoms with Gasteiger partial charge in [-0.3, -0.25) is 9.79 Å². The Kier molecular flexibility index (Phi) is 5.50. The largest absolute Gasteiger partial charge is 0.454 e. The maximum Gasteiger partial charge on any atom is 0.276 e. The summed E-state index contributed by atoms with van der Waals surface area (Å²) in [5.74, 6) is -0.213. The van der Waals surface area contributed by atoms with E-state index in [-0.39, 0.29) is 33.2 Å². The fourth-order valence-electron chi connectivity index (χ4n) is 3.64. The van der Waals surface area contributed by atoms with Crippen LogP contribution in [0.25, 0.3) is 17.2 Å². The van der Waals surface area contributed by atoms with Crippen LogP contribution in [0.15, 0.2) is 57.3 Å². The van der Waals surface area contributed by atoms with E-state index in [1.54, 1.807) is 31.5 Å². The summed E-state index contributed by atoms with van der Waals surface area (Å²) >= 11 is 0. The molecule has 0 amide bonds. The zero-order valence-corrected chi connectivity index (χ0v) is 18.9. The molecule has 0 fully saturated rings. The van der Waals surface area contributed by atoms with E-state index in [1.165, 1.54) is 35.4 Å². The quantitative estimate of drug-likeness (QED) is 0.595. The van der Waals surface area contributed by atoms with E-state index < -0.39 is 15.7 Å². The lowest BCUT2D eigenvalue weighted by Gasteiger charge is -2.16. The van der Waals surface area contributed by atoms with Gasteiger partial charge in [-0.15, -0.1) is 0 Å². The molecule has 2 heterocycles. The minimum absolute atomic E-state index is 0.0336. The number of fused-ring (bicyclic) bond motifs is 1. The Morgan fingerprint density at radius 1 is 1.09 bits per heavy atom. The van der Waals surface area contributed by atoms with Crippen molar-refractivity contribution in [3.8, 4) is 22.6 Å². The van der Waals surface area contributed by atoms with E-state index in [0.29, 0.717) is 21.9 Å². The summed E-state index contributed by atoms with van der Waals surface area (Å²) in [6.07, 6.45) is 4.39. The van der Waals surface area contributed by atoms with Gasteiger partial charge in [0.05, 0.1) is 11.4 Å². The molecule has 8 heteroatoms. The Morgan fingerprint density at radius 3 is 2.53 bits per heavy atom. The summed E-state index contributed by atoms with van der Waals surface area (Å²) in [4.78, 5) is 16.7. The van der Waals surface area contributed by atoms with E-state index in [1.807, 2.05) is 13.8 Å². The van der Waals surface area contributed by atoms with Crippen LogP contribution in [0.1, 0.15) is 25.3 Å². The molecule has 32 heavy (non-hydrogen) atoms. The number of rotatable bonds is 5. The first-order valence-corrected chi connectivity index (χ1v) is 11.9. The zero-order chi connectivity index (χ0) is 23.2. The topological polar surface area (TPSA) is 77.7 Å². The third-order valence-electron chi connectivity index (χ3n) is 5.34. The minimum Gasteiger partial charge on any atom is -0.454 e. The lowest BCUT2D eigenvalue weighted by atomic mass is 10.0. The van der Waals surface area contributed by atoms with E-state index in [0.717, 1.165) is 6.26 Å². The highest BCUT2D eigenvalue weighted by molar-refractivity contribution is 7.90. The predicted molar refractivity (Wildman–Crippen MR) is 120 cm³/mol. The molecule has 0 atom stereocenters. The number of sulfone groups is 1. The molecule has 1 aliphatic heterocycles. The first-order valence-electron chi connectivity index (χ1n) is 9.99. The van der Waals surface area contributed by atoms with Gasteiger partial charge >= 0.3 is 0 Å². The molecule has 2 aromatic carbocycles. The molecule has 3 aromatic rings. The van der Waals surface area contributed by atoms with E-state index in [9.17, 15) is 13.2 Å². The number of hydrogen-bond donors (Lipinski definition) is 0. The summed E-state index contributed by atoms with van der Waals surface area (Å²) in [5.41, 5.74) is 1.21. The van der Waals surface area contributed by atoms with Gasteiger partial charge in [0.15, 0.2) is 21.4 Å². The number of hydrogen-bond acceptors (Lipinski definition) is 5. The van der Waals surface area contributed by atoms with Gasteiger partial charge in [-0.25, -0.2) is 12.8 Å². The van der Waals surface area contributed by atoms with Gasteiger partial charge in [0, 0.05) is 35.8 Å². The second kappa shape index (κ2) is 8.02. The van der Waals surface area contributed by atoms with Crippen LogP contribution in [0, 0.1) is 12.4 Å². The van der Waals surface area contributed by atoms with E-state index >= 15 is 4.39 Å². The monoisotopic (exact) mass is 453 g/mol. The van der Waals surface area contributed by atoms with Gasteiger partial charge < -0.3 is 9.30 Å². The summed E-state index contributed by atoms with van der Waals surface area (Å²) in [7, 11) is -1.93. The predicted octanol–water partition coefficient (Wildman–Crippen LogP) is 3.09. The summed E-state index contributed by atoms with van der Waals surface area (Å²) in [6, 6.07) is 9.33. The normalized spacial score (nSPS) is 12.9. The van der Waals surface area contributed by atoms with E-state index in [4.69, 9.17) is 4.74 Å². The molecule has 6 nitrogen and oxygen atoms in total. The van der Waals surface area contributed by atoms with Crippen LogP contribution in [-0.4, -0.2) is 19.2 Å². The number of benzene rings is 2. The zero-order valence-electron chi connectivity index (χ0n) is 18.1. The van der Waals surface area contributed by atoms with Crippen molar-refractivity contribution in [2.45, 2.75) is 24.7 Å². The molecule has 4 rings (SSSR count). The lowest BCUT2D eigenvalue weighted by Crippen LogP contribution is -2.43. The Hall–Kier alpha value is -3.26. The molecular formula is C24H22FN2O4S. The molecule has 1 aromatic heterocycles. The van der Waals surface area contributed by atoms with Crippen molar-refractivity contribution in [1.82, 2.24) is 4.57 Å². The molecule has 0 aliphatic carbocycles. The minimum atomic E-state index is -3.52. The maximum absolute atomic E-state index is 15.1. The van der Waals surface area contributed by atoms with Gasteiger partial charge in [-0.05, 0) is 41.8 Å². The average Bonchev–Trinajstić information content (AvgIpc) is 3.22. The molecule has 0 spiro atoms. The molecule has 0 saturated carbocycles.